The van der Waals surface area contributed by atoms with Gasteiger partial charge >= 0.3 is 0 Å². The predicted octanol–water partition coefficient (Wildman–Crippen LogP) is 1.06. The van der Waals surface area contributed by atoms with Crippen molar-refractivity contribution in [2.75, 3.05) is 0 Å². The Hall–Kier alpha value is -2.28. The minimum absolute atomic E-state index is 0.121. The number of nitrogens with one attached hydrogen (secondary N) is 1. The summed E-state index contributed by atoms with van der Waals surface area (Å²) in [5, 5.41) is 6.33. The summed E-state index contributed by atoms with van der Waals surface area (Å²) < 4.78 is 4.92. The second-order valence-electron chi connectivity index (χ2n) is 4.20. The Bertz CT molecular complexity index is 612. The van der Waals surface area contributed by atoms with Crippen molar-refractivity contribution in [2.24, 2.45) is 5.73 Å². The Morgan fingerprint density at radius 1 is 1.45 bits per heavy atom. The number of aromatic nitrogens is 2. The zero-order valence-corrected chi connectivity index (χ0v) is 11.7. The molecule has 0 aliphatic heterocycles. The first-order valence-corrected chi connectivity index (χ1v) is 6.40. The van der Waals surface area contributed by atoms with Crippen molar-refractivity contribution in [3.8, 4) is 0 Å². The van der Waals surface area contributed by atoms with Crippen molar-refractivity contribution in [1.82, 2.24) is 15.5 Å². The molecule has 0 bridgehead atoms. The molecule has 1 heterocycles. The lowest BCUT2D eigenvalue weighted by Crippen LogP contribution is -2.35. The largest absolute Gasteiger partial charge is 0.392 e. The van der Waals surface area contributed by atoms with E-state index in [1.807, 2.05) is 18.2 Å². The summed E-state index contributed by atoms with van der Waals surface area (Å²) in [5.41, 5.74) is 6.41. The van der Waals surface area contributed by atoms with Gasteiger partial charge in [0.15, 0.2) is 5.82 Å². The zero-order valence-electron chi connectivity index (χ0n) is 10.9. The lowest BCUT2D eigenvalue weighted by atomic mass is 9.98. The van der Waals surface area contributed by atoms with Crippen LogP contribution in [0, 0.1) is 6.92 Å². The van der Waals surface area contributed by atoms with Gasteiger partial charge in [0.25, 0.3) is 0 Å². The average Bonchev–Trinajstić information content (AvgIpc) is 2.83. The molecule has 1 atom stereocenters. The van der Waals surface area contributed by atoms with Crippen molar-refractivity contribution in [1.29, 1.82) is 0 Å². The lowest BCUT2D eigenvalue weighted by Gasteiger charge is -2.15. The molecule has 7 heteroatoms. The van der Waals surface area contributed by atoms with Crippen molar-refractivity contribution in [3.63, 3.8) is 0 Å². The molecule has 1 aromatic heterocycles. The average molecular weight is 290 g/mol. The highest BCUT2D eigenvalue weighted by atomic mass is 32.1. The van der Waals surface area contributed by atoms with Gasteiger partial charge in [0.05, 0.1) is 11.5 Å². The van der Waals surface area contributed by atoms with Crippen LogP contribution in [0.4, 0.5) is 0 Å². The second kappa shape index (κ2) is 6.25. The van der Waals surface area contributed by atoms with Crippen LogP contribution in [0.1, 0.15) is 23.2 Å². The van der Waals surface area contributed by atoms with E-state index in [4.69, 9.17) is 22.5 Å². The van der Waals surface area contributed by atoms with Gasteiger partial charge in [-0.15, -0.1) is 0 Å². The van der Waals surface area contributed by atoms with Crippen LogP contribution in [0.3, 0.4) is 0 Å². The molecule has 0 saturated heterocycles. The topological polar surface area (TPSA) is 94.0 Å². The van der Waals surface area contributed by atoms with Crippen LogP contribution in [0.5, 0.6) is 0 Å². The summed E-state index contributed by atoms with van der Waals surface area (Å²) in [5.74, 6) is -0.108. The smallest absolute Gasteiger partial charge is 0.246 e. The summed E-state index contributed by atoms with van der Waals surface area (Å²) in [4.78, 5) is 16.3. The third-order valence-corrected chi connectivity index (χ3v) is 2.90. The van der Waals surface area contributed by atoms with Crippen LogP contribution in [-0.4, -0.2) is 21.0 Å². The van der Waals surface area contributed by atoms with Gasteiger partial charge in [-0.05, 0) is 12.5 Å². The van der Waals surface area contributed by atoms with Gasteiger partial charge < -0.3 is 15.6 Å². The monoisotopic (exact) mass is 290 g/mol. The maximum absolute atomic E-state index is 12.2. The normalized spacial score (nSPS) is 11.8. The first-order valence-electron chi connectivity index (χ1n) is 5.99. The van der Waals surface area contributed by atoms with Crippen LogP contribution >= 0.6 is 12.2 Å². The zero-order chi connectivity index (χ0) is 14.5. The molecule has 2 aromatic rings. The maximum atomic E-state index is 12.2. The van der Waals surface area contributed by atoms with Crippen LogP contribution in [0.25, 0.3) is 0 Å². The number of amides is 1. The van der Waals surface area contributed by atoms with Gasteiger partial charge in [-0.1, -0.05) is 47.7 Å². The van der Waals surface area contributed by atoms with E-state index < -0.39 is 5.92 Å². The quantitative estimate of drug-likeness (QED) is 0.800. The van der Waals surface area contributed by atoms with E-state index in [0.717, 1.165) is 5.56 Å². The van der Waals surface area contributed by atoms with E-state index in [2.05, 4.69) is 15.5 Å². The molecule has 0 fully saturated rings. The second-order valence-corrected chi connectivity index (χ2v) is 4.67. The molecule has 6 nitrogen and oxygen atoms in total. The molecular weight excluding hydrogens is 276 g/mol. The number of hydrogen-bond acceptors (Lipinski definition) is 5. The van der Waals surface area contributed by atoms with Crippen molar-refractivity contribution >= 4 is 23.1 Å². The number of nitrogens with two attached hydrogens (primary N) is 1. The minimum atomic E-state index is -0.671. The predicted molar refractivity (Wildman–Crippen MR) is 76.9 cm³/mol. The van der Waals surface area contributed by atoms with Crippen molar-refractivity contribution in [3.05, 3.63) is 47.6 Å². The number of hydrogen-bond donors (Lipinski definition) is 2. The van der Waals surface area contributed by atoms with Gasteiger partial charge in [0, 0.05) is 0 Å². The molecule has 1 aromatic carbocycles. The van der Waals surface area contributed by atoms with E-state index in [1.54, 1.807) is 19.1 Å². The number of carbonyl (C=O) groups is 1. The van der Waals surface area contributed by atoms with Crippen LogP contribution in [-0.2, 0) is 11.3 Å². The standard InChI is InChI=1S/C13H14N4O2S/c1-8-16-10(19-17-8)7-15-13(18)11(12(14)20)9-5-3-2-4-6-9/h2-6,11H,7H2,1H3,(H2,14,20)(H,15,18). The Balaban J connectivity index is 2.06. The summed E-state index contributed by atoms with van der Waals surface area (Å²) in [6.45, 7) is 1.85. The van der Waals surface area contributed by atoms with Gasteiger partial charge in [-0.25, -0.2) is 0 Å². The molecule has 0 aliphatic rings. The van der Waals surface area contributed by atoms with Crippen LogP contribution < -0.4 is 11.1 Å². The Morgan fingerprint density at radius 3 is 2.70 bits per heavy atom. The SMILES string of the molecule is Cc1noc(CNC(=O)C(C(N)=S)c2ccccc2)n1. The molecule has 1 amide bonds. The number of thiocarbonyl (C=S) groups is 1. The van der Waals surface area contributed by atoms with Gasteiger partial charge in [0.2, 0.25) is 11.8 Å². The molecule has 104 valence electrons. The fraction of sp³-hybridized carbons (Fsp3) is 0.231. The summed E-state index contributed by atoms with van der Waals surface area (Å²) in [6, 6.07) is 9.13. The highest BCUT2D eigenvalue weighted by Crippen LogP contribution is 2.16. The third-order valence-electron chi connectivity index (χ3n) is 2.66. The number of aryl methyl sites for hydroxylation is 1. The van der Waals surface area contributed by atoms with E-state index >= 15 is 0 Å². The molecule has 20 heavy (non-hydrogen) atoms. The summed E-state index contributed by atoms with van der Waals surface area (Å²) >= 11 is 4.98. The number of benzene rings is 1. The highest BCUT2D eigenvalue weighted by Gasteiger charge is 2.23. The molecular formula is C13H14N4O2S. The maximum Gasteiger partial charge on any atom is 0.246 e. The van der Waals surface area contributed by atoms with Gasteiger partial charge in [0.1, 0.15) is 5.92 Å². The summed E-state index contributed by atoms with van der Waals surface area (Å²) in [6.07, 6.45) is 0. The van der Waals surface area contributed by atoms with E-state index in [1.165, 1.54) is 0 Å². The number of nitrogens with zero attached hydrogens (tertiary/aromatic N) is 2. The molecule has 0 saturated carbocycles. The minimum Gasteiger partial charge on any atom is -0.392 e. The fourth-order valence-corrected chi connectivity index (χ4v) is 2.01. The molecule has 0 aliphatic carbocycles. The number of carbonyl (C=O) groups excluding carboxylic acids is 1. The van der Waals surface area contributed by atoms with E-state index in [0.29, 0.717) is 11.7 Å². The molecule has 1 unspecified atom stereocenters. The lowest BCUT2D eigenvalue weighted by molar-refractivity contribution is -0.121. The van der Waals surface area contributed by atoms with E-state index in [-0.39, 0.29) is 17.4 Å². The number of rotatable bonds is 5. The third kappa shape index (κ3) is 3.39. The molecule has 2 rings (SSSR count). The fourth-order valence-electron chi connectivity index (χ4n) is 1.77. The Morgan fingerprint density at radius 2 is 2.15 bits per heavy atom. The van der Waals surface area contributed by atoms with E-state index in [9.17, 15) is 4.79 Å². The van der Waals surface area contributed by atoms with Gasteiger partial charge in [-0.2, -0.15) is 4.98 Å². The molecule has 0 radical (unpaired) electrons. The Kier molecular flexibility index (Phi) is 4.41. The van der Waals surface area contributed by atoms with Crippen LogP contribution in [0.2, 0.25) is 0 Å². The van der Waals surface area contributed by atoms with Crippen LogP contribution in [0.15, 0.2) is 34.9 Å². The molecule has 3 N–H and O–H groups in total. The first kappa shape index (κ1) is 14.1. The summed E-state index contributed by atoms with van der Waals surface area (Å²) in [7, 11) is 0. The Labute approximate surface area is 121 Å². The molecule has 0 spiro atoms. The van der Waals surface area contributed by atoms with Gasteiger partial charge in [-0.3, -0.25) is 4.79 Å². The van der Waals surface area contributed by atoms with Crippen molar-refractivity contribution < 1.29 is 9.32 Å². The first-order chi connectivity index (χ1) is 9.58. The highest BCUT2D eigenvalue weighted by molar-refractivity contribution is 7.80. The van der Waals surface area contributed by atoms with Crippen molar-refractivity contribution in [2.45, 2.75) is 19.4 Å².